The van der Waals surface area contributed by atoms with Gasteiger partial charge < -0.3 is 0 Å². The van der Waals surface area contributed by atoms with E-state index < -0.39 is 0 Å². The molecule has 0 N–H and O–H groups in total. The topological polar surface area (TPSA) is 47.6 Å². The molecule has 0 spiro atoms. The van der Waals surface area contributed by atoms with E-state index in [4.69, 9.17) is 0 Å². The fourth-order valence-electron chi connectivity index (χ4n) is 3.46. The fourth-order valence-corrected chi connectivity index (χ4v) is 3.46. The molecule has 0 fully saturated rings. The summed E-state index contributed by atoms with van der Waals surface area (Å²) in [7, 11) is 0. The van der Waals surface area contributed by atoms with Crippen molar-refractivity contribution in [1.29, 1.82) is 10.5 Å². The lowest BCUT2D eigenvalue weighted by Gasteiger charge is -2.20. The van der Waals surface area contributed by atoms with Gasteiger partial charge in [0.2, 0.25) is 0 Å². The van der Waals surface area contributed by atoms with Crippen molar-refractivity contribution in [2.45, 2.75) is 52.4 Å². The Morgan fingerprint density at radius 1 is 0.654 bits per heavy atom. The van der Waals surface area contributed by atoms with Gasteiger partial charge >= 0.3 is 0 Å². The second-order valence-corrected chi connectivity index (χ2v) is 8.99. The van der Waals surface area contributed by atoms with Crippen LogP contribution in [-0.4, -0.2) is 0 Å². The minimum atomic E-state index is 0.00490. The zero-order chi connectivity index (χ0) is 19.3. The molecule has 0 bridgehead atoms. The molecule has 0 heterocycles. The van der Waals surface area contributed by atoms with Crippen LogP contribution in [0.4, 0.5) is 0 Å². The molecule has 1 aliphatic carbocycles. The van der Waals surface area contributed by atoms with Crippen LogP contribution in [-0.2, 0) is 10.8 Å². The summed E-state index contributed by atoms with van der Waals surface area (Å²) in [5.74, 6) is 0. The minimum absolute atomic E-state index is 0.00490. The zero-order valence-corrected chi connectivity index (χ0v) is 16.4. The maximum Gasteiger partial charge on any atom is 0.138 e. The highest BCUT2D eigenvalue weighted by Crippen LogP contribution is 2.47. The molecular weight excluding hydrogens is 316 g/mol. The van der Waals surface area contributed by atoms with E-state index in [0.29, 0.717) is 0 Å². The predicted molar refractivity (Wildman–Crippen MR) is 107 cm³/mol. The van der Waals surface area contributed by atoms with Crippen LogP contribution in [0.25, 0.3) is 16.7 Å². The van der Waals surface area contributed by atoms with Crippen molar-refractivity contribution >= 4 is 5.57 Å². The Hall–Kier alpha value is -2.84. The summed E-state index contributed by atoms with van der Waals surface area (Å²) in [5, 5.41) is 19.1. The molecule has 0 amide bonds. The SMILES string of the molecule is CC(C)(C)c1ccc2c(c1)C(=C(C#N)C#N)c1cc(C(C)(C)C)ccc1-2. The first-order valence-corrected chi connectivity index (χ1v) is 8.92. The van der Waals surface area contributed by atoms with Crippen LogP contribution in [0.3, 0.4) is 0 Å². The summed E-state index contributed by atoms with van der Waals surface area (Å²) in [5.41, 5.74) is 7.57. The van der Waals surface area contributed by atoms with E-state index in [1.165, 1.54) is 11.1 Å². The first-order chi connectivity index (χ1) is 12.1. The molecule has 0 atom stereocenters. The fraction of sp³-hybridized carbons (Fsp3) is 0.333. The highest BCUT2D eigenvalue weighted by atomic mass is 14.4. The standard InChI is InChI=1S/C24H24N2/c1-23(2,3)16-7-9-18-19-10-8-17(24(4,5)6)12-21(19)22(20(18)11-16)15(13-25)14-26/h7-12H,1-6H3. The van der Waals surface area contributed by atoms with Gasteiger partial charge in [0, 0.05) is 5.57 Å². The van der Waals surface area contributed by atoms with Crippen molar-refractivity contribution in [3.05, 3.63) is 64.2 Å². The van der Waals surface area contributed by atoms with E-state index in [2.05, 4.69) is 90.1 Å². The molecule has 0 radical (unpaired) electrons. The van der Waals surface area contributed by atoms with Gasteiger partial charge in [-0.1, -0.05) is 65.8 Å². The second-order valence-electron chi connectivity index (χ2n) is 8.99. The van der Waals surface area contributed by atoms with E-state index in [0.717, 1.165) is 27.8 Å². The molecule has 0 saturated carbocycles. The summed E-state index contributed by atoms with van der Waals surface area (Å²) in [4.78, 5) is 0. The smallest absolute Gasteiger partial charge is 0.138 e. The Bertz CT molecular complexity index is 929. The predicted octanol–water partition coefficient (Wildman–Crippen LogP) is 6.11. The van der Waals surface area contributed by atoms with Crippen LogP contribution in [0.1, 0.15) is 63.8 Å². The second kappa shape index (κ2) is 5.86. The van der Waals surface area contributed by atoms with Crippen molar-refractivity contribution in [2.75, 3.05) is 0 Å². The molecule has 1 aliphatic rings. The number of nitrogens with zero attached hydrogens (tertiary/aromatic N) is 2. The normalized spacial score (nSPS) is 12.8. The molecular formula is C24H24N2. The summed E-state index contributed by atoms with van der Waals surface area (Å²) < 4.78 is 0. The molecule has 2 aromatic rings. The molecule has 0 unspecified atom stereocenters. The molecule has 26 heavy (non-hydrogen) atoms. The van der Waals surface area contributed by atoms with Crippen molar-refractivity contribution in [2.24, 2.45) is 0 Å². The maximum atomic E-state index is 9.57. The van der Waals surface area contributed by atoms with E-state index in [-0.39, 0.29) is 16.4 Å². The summed E-state index contributed by atoms with van der Waals surface area (Å²) in [6.45, 7) is 13.0. The average molecular weight is 340 g/mol. The Balaban J connectivity index is 2.37. The van der Waals surface area contributed by atoms with Gasteiger partial charge in [-0.2, -0.15) is 10.5 Å². The molecule has 2 nitrogen and oxygen atoms in total. The van der Waals surface area contributed by atoms with E-state index in [9.17, 15) is 10.5 Å². The van der Waals surface area contributed by atoms with Crippen LogP contribution < -0.4 is 0 Å². The van der Waals surface area contributed by atoms with Gasteiger partial charge in [-0.25, -0.2) is 0 Å². The van der Waals surface area contributed by atoms with Crippen LogP contribution in [0, 0.1) is 22.7 Å². The third-order valence-corrected chi connectivity index (χ3v) is 5.07. The third-order valence-electron chi connectivity index (χ3n) is 5.07. The first kappa shape index (κ1) is 18.0. The first-order valence-electron chi connectivity index (χ1n) is 8.92. The highest BCUT2D eigenvalue weighted by molar-refractivity contribution is 6.04. The number of hydrogen-bond acceptors (Lipinski definition) is 2. The molecule has 3 rings (SSSR count). The number of benzene rings is 2. The Kier molecular flexibility index (Phi) is 4.05. The molecule has 0 aliphatic heterocycles. The molecule has 2 heteroatoms. The monoisotopic (exact) mass is 340 g/mol. The highest BCUT2D eigenvalue weighted by Gasteiger charge is 2.29. The number of fused-ring (bicyclic) bond motifs is 3. The van der Waals surface area contributed by atoms with Crippen LogP contribution >= 0.6 is 0 Å². The van der Waals surface area contributed by atoms with Crippen molar-refractivity contribution in [3.8, 4) is 23.3 Å². The Morgan fingerprint density at radius 2 is 1.04 bits per heavy atom. The van der Waals surface area contributed by atoms with E-state index >= 15 is 0 Å². The molecule has 0 saturated heterocycles. The van der Waals surface area contributed by atoms with Crippen molar-refractivity contribution in [3.63, 3.8) is 0 Å². The van der Waals surface area contributed by atoms with Crippen molar-refractivity contribution in [1.82, 2.24) is 0 Å². The summed E-state index contributed by atoms with van der Waals surface area (Å²) in [6.07, 6.45) is 0. The maximum absolute atomic E-state index is 9.57. The quantitative estimate of drug-likeness (QED) is 0.463. The largest absolute Gasteiger partial charge is 0.192 e. The Morgan fingerprint density at radius 3 is 1.35 bits per heavy atom. The number of rotatable bonds is 0. The van der Waals surface area contributed by atoms with Crippen molar-refractivity contribution < 1.29 is 0 Å². The van der Waals surface area contributed by atoms with Gasteiger partial charge in [0.25, 0.3) is 0 Å². The number of allylic oxidation sites excluding steroid dienone is 1. The molecule has 2 aromatic carbocycles. The lowest BCUT2D eigenvalue weighted by atomic mass is 9.84. The van der Waals surface area contributed by atoms with Gasteiger partial charge in [-0.15, -0.1) is 0 Å². The number of nitriles is 2. The molecule has 130 valence electrons. The summed E-state index contributed by atoms with van der Waals surface area (Å²) >= 11 is 0. The van der Waals surface area contributed by atoms with Gasteiger partial charge in [0.15, 0.2) is 0 Å². The van der Waals surface area contributed by atoms with Gasteiger partial charge in [-0.3, -0.25) is 0 Å². The van der Waals surface area contributed by atoms with Crippen LogP contribution in [0.5, 0.6) is 0 Å². The zero-order valence-electron chi connectivity index (χ0n) is 16.4. The minimum Gasteiger partial charge on any atom is -0.192 e. The third kappa shape index (κ3) is 2.83. The van der Waals surface area contributed by atoms with E-state index in [1.54, 1.807) is 0 Å². The average Bonchev–Trinajstić information content (AvgIpc) is 2.88. The lowest BCUT2D eigenvalue weighted by molar-refractivity contribution is 0.590. The van der Waals surface area contributed by atoms with Gasteiger partial charge in [-0.05, 0) is 56.3 Å². The Labute approximate surface area is 156 Å². The van der Waals surface area contributed by atoms with Gasteiger partial charge in [0.1, 0.15) is 17.7 Å². The summed E-state index contributed by atoms with van der Waals surface area (Å²) in [6, 6.07) is 17.1. The van der Waals surface area contributed by atoms with Crippen LogP contribution in [0.2, 0.25) is 0 Å². The van der Waals surface area contributed by atoms with Crippen LogP contribution in [0.15, 0.2) is 42.0 Å². The van der Waals surface area contributed by atoms with E-state index in [1.807, 2.05) is 0 Å². The molecule has 0 aromatic heterocycles. The lowest BCUT2D eigenvalue weighted by Crippen LogP contribution is -2.11. The van der Waals surface area contributed by atoms with Gasteiger partial charge in [0.05, 0.1) is 0 Å². The number of hydrogen-bond donors (Lipinski definition) is 0.